The van der Waals surface area contributed by atoms with E-state index in [0.717, 1.165) is 12.1 Å². The second-order valence-electron chi connectivity index (χ2n) is 5.46. The fraction of sp³-hybridized carbons (Fsp3) is 0.438. The first-order chi connectivity index (χ1) is 9.53. The Morgan fingerprint density at radius 3 is 2.35 bits per heavy atom. The van der Waals surface area contributed by atoms with Gasteiger partial charge in [-0.3, -0.25) is 0 Å². The van der Waals surface area contributed by atoms with Gasteiger partial charge in [-0.25, -0.2) is 0 Å². The minimum atomic E-state index is -0.475. The Labute approximate surface area is 120 Å². The molecule has 0 fully saturated rings. The van der Waals surface area contributed by atoms with Gasteiger partial charge < -0.3 is 15.1 Å². The maximum atomic E-state index is 9.26. The number of aliphatic hydroxyl groups is 2. The van der Waals surface area contributed by atoms with Gasteiger partial charge in [0.25, 0.3) is 0 Å². The van der Waals surface area contributed by atoms with Crippen molar-refractivity contribution in [3.63, 3.8) is 0 Å². The molecule has 0 amide bonds. The van der Waals surface area contributed by atoms with Crippen LogP contribution in [0.2, 0.25) is 0 Å². The van der Waals surface area contributed by atoms with Gasteiger partial charge in [-0.15, -0.1) is 0 Å². The summed E-state index contributed by atoms with van der Waals surface area (Å²) in [7, 11) is 1.95. The zero-order valence-electron chi connectivity index (χ0n) is 12.1. The smallest absolute Gasteiger partial charge is 0.0991 e. The number of hydrogen-bond donors (Lipinski definition) is 2. The third-order valence-electron chi connectivity index (χ3n) is 3.18. The van der Waals surface area contributed by atoms with E-state index in [1.165, 1.54) is 0 Å². The molecule has 0 saturated carbocycles. The van der Waals surface area contributed by atoms with E-state index >= 15 is 0 Å². The summed E-state index contributed by atoms with van der Waals surface area (Å²) in [4.78, 5) is 2.05. The van der Waals surface area contributed by atoms with Crippen LogP contribution in [-0.4, -0.2) is 48.5 Å². The van der Waals surface area contributed by atoms with Crippen LogP contribution in [0, 0.1) is 16.7 Å². The molecule has 0 bridgehead atoms. The molecule has 0 radical (unpaired) electrons. The topological polar surface area (TPSA) is 67.5 Å². The Kier molecular flexibility index (Phi) is 6.40. The highest BCUT2D eigenvalue weighted by Crippen LogP contribution is 2.15. The third kappa shape index (κ3) is 5.14. The first kappa shape index (κ1) is 16.4. The van der Waals surface area contributed by atoms with Gasteiger partial charge in [0.15, 0.2) is 0 Å². The molecule has 0 aromatic heterocycles. The molecule has 0 atom stereocenters. The lowest BCUT2D eigenvalue weighted by molar-refractivity contribution is 0.0447. The molecule has 20 heavy (non-hydrogen) atoms. The molecule has 0 aliphatic carbocycles. The van der Waals surface area contributed by atoms with E-state index in [0.29, 0.717) is 12.1 Å². The first-order valence-electron chi connectivity index (χ1n) is 6.60. The molecular weight excluding hydrogens is 252 g/mol. The first-order valence-corrected chi connectivity index (χ1v) is 6.60. The highest BCUT2D eigenvalue weighted by molar-refractivity contribution is 5.51. The molecule has 4 nitrogen and oxygen atoms in total. The minimum absolute atomic E-state index is 0.0345. The average Bonchev–Trinajstić information content (AvgIpc) is 2.47. The fourth-order valence-electron chi connectivity index (χ4n) is 1.90. The van der Waals surface area contributed by atoms with Crippen LogP contribution in [-0.2, 0) is 0 Å². The lowest BCUT2D eigenvalue weighted by Crippen LogP contribution is -2.39. The summed E-state index contributed by atoms with van der Waals surface area (Å²) < 4.78 is 0. The number of nitriles is 1. The zero-order valence-corrected chi connectivity index (χ0v) is 12.1. The molecule has 108 valence electrons. The number of aliphatic hydroxyl groups excluding tert-OH is 2. The number of nitrogens with zero attached hydrogens (tertiary/aromatic N) is 2. The van der Waals surface area contributed by atoms with Crippen molar-refractivity contribution in [3.05, 3.63) is 41.5 Å². The highest BCUT2D eigenvalue weighted by Gasteiger charge is 2.23. The van der Waals surface area contributed by atoms with Crippen LogP contribution in [0.25, 0.3) is 6.08 Å². The average molecular weight is 274 g/mol. The van der Waals surface area contributed by atoms with Gasteiger partial charge in [0.05, 0.1) is 24.8 Å². The maximum Gasteiger partial charge on any atom is 0.0991 e. The van der Waals surface area contributed by atoms with Gasteiger partial charge in [0.1, 0.15) is 0 Å². The molecule has 4 heteroatoms. The third-order valence-corrected chi connectivity index (χ3v) is 3.18. The van der Waals surface area contributed by atoms with Crippen molar-refractivity contribution in [2.45, 2.75) is 6.92 Å². The van der Waals surface area contributed by atoms with E-state index in [1.54, 1.807) is 12.1 Å². The molecule has 0 unspecified atom stereocenters. The van der Waals surface area contributed by atoms with Crippen molar-refractivity contribution >= 4 is 6.08 Å². The summed E-state index contributed by atoms with van der Waals surface area (Å²) in [6.07, 6.45) is 4.02. The van der Waals surface area contributed by atoms with Crippen molar-refractivity contribution in [2.24, 2.45) is 5.41 Å². The van der Waals surface area contributed by atoms with Crippen LogP contribution in [0.4, 0.5) is 0 Å². The van der Waals surface area contributed by atoms with Gasteiger partial charge >= 0.3 is 0 Å². The second-order valence-corrected chi connectivity index (χ2v) is 5.46. The molecular formula is C16H22N2O2. The molecule has 0 heterocycles. The highest BCUT2D eigenvalue weighted by atomic mass is 16.3. The molecule has 0 aliphatic heterocycles. The largest absolute Gasteiger partial charge is 0.396 e. The lowest BCUT2D eigenvalue weighted by atomic mass is 9.92. The fourth-order valence-corrected chi connectivity index (χ4v) is 1.90. The number of hydrogen-bond acceptors (Lipinski definition) is 4. The number of likely N-dealkylation sites (N-methyl/N-ethyl adjacent to an activating group) is 1. The minimum Gasteiger partial charge on any atom is -0.396 e. The summed E-state index contributed by atoms with van der Waals surface area (Å²) in [5.41, 5.74) is 1.22. The summed E-state index contributed by atoms with van der Waals surface area (Å²) in [5.74, 6) is 0. The van der Waals surface area contributed by atoms with E-state index < -0.39 is 5.41 Å². The van der Waals surface area contributed by atoms with Gasteiger partial charge in [0.2, 0.25) is 0 Å². The predicted molar refractivity (Wildman–Crippen MR) is 80.0 cm³/mol. The van der Waals surface area contributed by atoms with Crippen LogP contribution in [0.1, 0.15) is 18.1 Å². The van der Waals surface area contributed by atoms with Crippen LogP contribution in [0.15, 0.2) is 30.3 Å². The summed E-state index contributed by atoms with van der Waals surface area (Å²) in [5, 5.41) is 27.2. The molecule has 0 saturated heterocycles. The van der Waals surface area contributed by atoms with Gasteiger partial charge in [0, 0.05) is 18.5 Å². The van der Waals surface area contributed by atoms with Crippen molar-refractivity contribution in [2.75, 3.05) is 33.4 Å². The van der Waals surface area contributed by atoms with Crippen molar-refractivity contribution in [1.29, 1.82) is 5.26 Å². The zero-order chi connectivity index (χ0) is 15.0. The van der Waals surface area contributed by atoms with E-state index in [4.69, 9.17) is 5.26 Å². The Morgan fingerprint density at radius 1 is 1.25 bits per heavy atom. The SMILES string of the molecule is CN(C/C=C/c1ccc(C#N)cc1)CC(C)(CO)CO. The lowest BCUT2D eigenvalue weighted by Gasteiger charge is -2.29. The summed E-state index contributed by atoms with van der Waals surface area (Å²) in [6, 6.07) is 9.47. The van der Waals surface area contributed by atoms with Crippen molar-refractivity contribution in [1.82, 2.24) is 4.90 Å². The van der Waals surface area contributed by atoms with Crippen LogP contribution < -0.4 is 0 Å². The van der Waals surface area contributed by atoms with E-state index in [-0.39, 0.29) is 13.2 Å². The van der Waals surface area contributed by atoms with Crippen LogP contribution in [0.3, 0.4) is 0 Å². The molecule has 2 N–H and O–H groups in total. The number of rotatable bonds is 7. The van der Waals surface area contributed by atoms with Crippen molar-refractivity contribution in [3.8, 4) is 6.07 Å². The van der Waals surface area contributed by atoms with E-state index in [1.807, 2.05) is 43.2 Å². The quantitative estimate of drug-likeness (QED) is 0.790. The van der Waals surface area contributed by atoms with E-state index in [9.17, 15) is 10.2 Å². The monoisotopic (exact) mass is 274 g/mol. The maximum absolute atomic E-state index is 9.26. The summed E-state index contributed by atoms with van der Waals surface area (Å²) >= 11 is 0. The molecule has 0 spiro atoms. The standard InChI is InChI=1S/C16H22N2O2/c1-16(12-19,13-20)11-18(2)9-3-4-14-5-7-15(10-17)8-6-14/h3-8,19-20H,9,11-13H2,1-2H3/b4-3+. The van der Waals surface area contributed by atoms with Gasteiger partial charge in [-0.1, -0.05) is 31.2 Å². The molecule has 1 aromatic rings. The Morgan fingerprint density at radius 2 is 1.85 bits per heavy atom. The normalized spacial score (nSPS) is 12.0. The Balaban J connectivity index is 2.49. The van der Waals surface area contributed by atoms with Gasteiger partial charge in [-0.2, -0.15) is 5.26 Å². The van der Waals surface area contributed by atoms with Crippen LogP contribution in [0.5, 0.6) is 0 Å². The molecule has 1 rings (SSSR count). The Hall–Kier alpha value is -1.67. The van der Waals surface area contributed by atoms with Crippen LogP contribution >= 0.6 is 0 Å². The molecule has 0 aliphatic rings. The predicted octanol–water partition coefficient (Wildman–Crippen LogP) is 1.49. The summed E-state index contributed by atoms with van der Waals surface area (Å²) in [6.45, 7) is 3.14. The molecule has 1 aromatic carbocycles. The van der Waals surface area contributed by atoms with Crippen molar-refractivity contribution < 1.29 is 10.2 Å². The van der Waals surface area contributed by atoms with Gasteiger partial charge in [-0.05, 0) is 24.7 Å². The van der Waals surface area contributed by atoms with E-state index in [2.05, 4.69) is 6.07 Å². The Bertz CT molecular complexity index is 470. The number of benzene rings is 1. The second kappa shape index (κ2) is 7.81.